The number of aliphatic hydroxyl groups is 1. The summed E-state index contributed by atoms with van der Waals surface area (Å²) in [6.45, 7) is 6.90. The number of Topliss-reactive ketones (excluding diaryl/α,β-unsaturated/α-hetero) is 1. The number of carbonyl (C=O) groups is 4. The molecule has 0 unspecified atom stereocenters. The van der Waals surface area contributed by atoms with Crippen LogP contribution in [0.4, 0.5) is 4.79 Å². The Morgan fingerprint density at radius 2 is 1.89 bits per heavy atom. The van der Waals surface area contributed by atoms with Crippen molar-refractivity contribution in [3.63, 3.8) is 0 Å². The Morgan fingerprint density at radius 3 is 2.57 bits per heavy atom. The molecule has 4 aliphatic rings. The number of ketones is 2. The monoisotopic (exact) mass is 488 g/mol. The smallest absolute Gasteiger partial charge is 0.457 e. The fourth-order valence-corrected chi connectivity index (χ4v) is 7.65. The maximum Gasteiger partial charge on any atom is 0.509 e. The molecule has 4 rings (SSSR count). The number of fused-ring (bicyclic) bond motifs is 5. The molecule has 0 aromatic carbocycles. The van der Waals surface area contributed by atoms with Crippen LogP contribution in [0.15, 0.2) is 23.8 Å². The minimum Gasteiger partial charge on any atom is -0.457 e. The third kappa shape index (κ3) is 3.94. The van der Waals surface area contributed by atoms with Crippen LogP contribution in [0.25, 0.3) is 0 Å². The predicted molar refractivity (Wildman–Crippen MR) is 125 cm³/mol. The Bertz CT molecular complexity index is 982. The van der Waals surface area contributed by atoms with Crippen molar-refractivity contribution in [2.75, 3.05) is 13.2 Å². The first kappa shape index (κ1) is 25.6. The normalized spacial score (nSPS) is 39.6. The largest absolute Gasteiger partial charge is 0.509 e. The van der Waals surface area contributed by atoms with Gasteiger partial charge in [-0.05, 0) is 63.0 Å². The first-order chi connectivity index (χ1) is 16.5. The van der Waals surface area contributed by atoms with Gasteiger partial charge in [-0.15, -0.1) is 0 Å². The number of allylic oxidation sites excluding steroid dienone is 4. The van der Waals surface area contributed by atoms with E-state index in [9.17, 15) is 24.3 Å². The summed E-state index contributed by atoms with van der Waals surface area (Å²) < 4.78 is 16.0. The van der Waals surface area contributed by atoms with E-state index in [0.29, 0.717) is 6.42 Å². The highest BCUT2D eigenvalue weighted by molar-refractivity contribution is 6.01. The summed E-state index contributed by atoms with van der Waals surface area (Å²) in [4.78, 5) is 50.0. The lowest BCUT2D eigenvalue weighted by Crippen LogP contribution is -2.63. The minimum atomic E-state index is -1.56. The Kier molecular flexibility index (Phi) is 6.72. The van der Waals surface area contributed by atoms with Crippen molar-refractivity contribution >= 4 is 23.7 Å². The fourth-order valence-electron chi connectivity index (χ4n) is 7.65. The summed E-state index contributed by atoms with van der Waals surface area (Å²) in [5.74, 6) is -1.06. The zero-order valence-electron chi connectivity index (χ0n) is 21.0. The van der Waals surface area contributed by atoms with E-state index in [1.54, 1.807) is 26.0 Å². The molecule has 0 saturated heterocycles. The van der Waals surface area contributed by atoms with Crippen molar-refractivity contribution in [2.45, 2.75) is 77.9 Å². The lowest BCUT2D eigenvalue weighted by molar-refractivity contribution is -0.185. The van der Waals surface area contributed by atoms with Gasteiger partial charge in [-0.1, -0.05) is 32.4 Å². The topological polar surface area (TPSA) is 116 Å². The molecule has 0 radical (unpaired) electrons. The first-order valence-electron chi connectivity index (χ1n) is 12.7. The Morgan fingerprint density at radius 1 is 1.14 bits per heavy atom. The molecule has 1 N–H and O–H groups in total. The van der Waals surface area contributed by atoms with Gasteiger partial charge in [0.1, 0.15) is 0 Å². The molecule has 0 heterocycles. The molecule has 3 saturated carbocycles. The van der Waals surface area contributed by atoms with Gasteiger partial charge in [0.25, 0.3) is 0 Å². The van der Waals surface area contributed by atoms with Crippen molar-refractivity contribution in [3.05, 3.63) is 23.8 Å². The Labute approximate surface area is 206 Å². The second kappa shape index (κ2) is 9.19. The van der Waals surface area contributed by atoms with Gasteiger partial charge in [-0.25, -0.2) is 4.79 Å². The maximum atomic E-state index is 13.6. The van der Waals surface area contributed by atoms with E-state index in [2.05, 4.69) is 6.92 Å². The fraction of sp³-hybridized carbons (Fsp3) is 0.704. The highest BCUT2D eigenvalue weighted by atomic mass is 16.7. The molecule has 0 bridgehead atoms. The van der Waals surface area contributed by atoms with E-state index >= 15 is 0 Å². The number of esters is 1. The number of carbonyl (C=O) groups excluding carboxylic acids is 4. The number of hydrogen-bond donors (Lipinski definition) is 1. The summed E-state index contributed by atoms with van der Waals surface area (Å²) in [5.41, 5.74) is -1.81. The standard InChI is InChI=1S/C27H36O8/c1-5-22(31)34-15-21(30)27(35-24(32)33-6-2)12-10-19-18-8-7-16-13-17(28)9-11-25(16,3)23(18)20(29)14-26(19,27)4/h9,11,13,18-20,23,29H,5-8,10,12,14-15H2,1-4H3/t18-,19-,20-,23+,25+,26-,27-/m0/s1. The van der Waals surface area contributed by atoms with Gasteiger partial charge in [0.05, 0.1) is 12.7 Å². The van der Waals surface area contributed by atoms with Crippen LogP contribution in [0.2, 0.25) is 0 Å². The van der Waals surface area contributed by atoms with Crippen LogP contribution in [-0.2, 0) is 28.6 Å². The number of aliphatic hydroxyl groups excluding tert-OH is 1. The van der Waals surface area contributed by atoms with Crippen molar-refractivity contribution < 1.29 is 38.5 Å². The quantitative estimate of drug-likeness (QED) is 0.563. The molecule has 0 aromatic heterocycles. The average molecular weight is 489 g/mol. The molecule has 4 aliphatic carbocycles. The molecule has 0 spiro atoms. The maximum absolute atomic E-state index is 13.6. The minimum absolute atomic E-state index is 0.000515. The number of ether oxygens (including phenoxy) is 3. The molecular formula is C27H36O8. The molecule has 8 heteroatoms. The SMILES string of the molecule is CCOC(=O)O[C@]1(C(=O)COC(=O)CC)CC[C@H]2[C@@H]3CCC4=CC(=O)C=C[C@@]4(C)[C@H]3[C@@H](O)C[C@@]21C. The Hall–Kier alpha value is -2.48. The van der Waals surface area contributed by atoms with Crippen molar-refractivity contribution in [1.82, 2.24) is 0 Å². The van der Waals surface area contributed by atoms with E-state index < -0.39 is 47.0 Å². The van der Waals surface area contributed by atoms with Crippen LogP contribution >= 0.6 is 0 Å². The van der Waals surface area contributed by atoms with Crippen LogP contribution in [-0.4, -0.2) is 53.7 Å². The van der Waals surface area contributed by atoms with Gasteiger partial charge in [0.15, 0.2) is 18.0 Å². The average Bonchev–Trinajstić information content (AvgIpc) is 3.09. The van der Waals surface area contributed by atoms with Crippen LogP contribution in [0.3, 0.4) is 0 Å². The third-order valence-corrected chi connectivity index (χ3v) is 9.24. The predicted octanol–water partition coefficient (Wildman–Crippen LogP) is 3.70. The molecule has 0 amide bonds. The molecular weight excluding hydrogens is 452 g/mol. The van der Waals surface area contributed by atoms with E-state index in [-0.39, 0.29) is 49.4 Å². The molecule has 3 fully saturated rings. The summed E-state index contributed by atoms with van der Waals surface area (Å²) in [6, 6.07) is 0. The van der Waals surface area contributed by atoms with E-state index in [4.69, 9.17) is 14.2 Å². The van der Waals surface area contributed by atoms with E-state index in [1.165, 1.54) is 0 Å². The van der Waals surface area contributed by atoms with Crippen LogP contribution in [0.1, 0.15) is 66.2 Å². The van der Waals surface area contributed by atoms with Gasteiger partial charge in [-0.3, -0.25) is 14.4 Å². The van der Waals surface area contributed by atoms with Crippen molar-refractivity contribution in [3.8, 4) is 0 Å². The zero-order chi connectivity index (χ0) is 25.6. The van der Waals surface area contributed by atoms with Gasteiger partial charge >= 0.3 is 12.1 Å². The van der Waals surface area contributed by atoms with Gasteiger partial charge in [0, 0.05) is 23.2 Å². The van der Waals surface area contributed by atoms with Crippen molar-refractivity contribution in [2.24, 2.45) is 28.6 Å². The molecule has 8 nitrogen and oxygen atoms in total. The van der Waals surface area contributed by atoms with Gasteiger partial charge < -0.3 is 19.3 Å². The van der Waals surface area contributed by atoms with Gasteiger partial charge in [-0.2, -0.15) is 0 Å². The summed E-state index contributed by atoms with van der Waals surface area (Å²) in [6.07, 6.45) is 6.31. The summed E-state index contributed by atoms with van der Waals surface area (Å²) in [7, 11) is 0. The summed E-state index contributed by atoms with van der Waals surface area (Å²) in [5, 5.41) is 11.6. The number of hydrogen-bond acceptors (Lipinski definition) is 8. The number of rotatable bonds is 6. The molecule has 0 aliphatic heterocycles. The lowest BCUT2D eigenvalue weighted by atomic mass is 9.46. The highest BCUT2D eigenvalue weighted by Crippen LogP contribution is 2.67. The third-order valence-electron chi connectivity index (χ3n) is 9.24. The summed E-state index contributed by atoms with van der Waals surface area (Å²) >= 11 is 0. The van der Waals surface area contributed by atoms with Crippen LogP contribution in [0, 0.1) is 28.6 Å². The first-order valence-corrected chi connectivity index (χ1v) is 12.7. The second-order valence-electron chi connectivity index (χ2n) is 10.8. The molecule has 192 valence electrons. The highest BCUT2D eigenvalue weighted by Gasteiger charge is 2.70. The Balaban J connectivity index is 1.70. The molecule has 0 aromatic rings. The van der Waals surface area contributed by atoms with Crippen LogP contribution < -0.4 is 0 Å². The molecule has 35 heavy (non-hydrogen) atoms. The van der Waals surface area contributed by atoms with E-state index in [0.717, 1.165) is 18.4 Å². The lowest BCUT2D eigenvalue weighted by Gasteiger charge is -2.59. The zero-order valence-corrected chi connectivity index (χ0v) is 21.0. The second-order valence-corrected chi connectivity index (χ2v) is 10.8. The molecule has 7 atom stereocenters. The van der Waals surface area contributed by atoms with Crippen molar-refractivity contribution in [1.29, 1.82) is 0 Å². The van der Waals surface area contributed by atoms with Crippen LogP contribution in [0.5, 0.6) is 0 Å². The van der Waals surface area contributed by atoms with Gasteiger partial charge in [0.2, 0.25) is 5.78 Å². The van der Waals surface area contributed by atoms with E-state index in [1.807, 2.05) is 13.0 Å².